The number of benzene rings is 2. The number of piperazine rings is 1. The van der Waals surface area contributed by atoms with Crippen molar-refractivity contribution in [3.63, 3.8) is 0 Å². The second kappa shape index (κ2) is 5.87. The fraction of sp³-hybridized carbons (Fsp3) is 0.235. The van der Waals surface area contributed by atoms with Gasteiger partial charge in [-0.05, 0) is 29.8 Å². The maximum absolute atomic E-state index is 12.3. The highest BCUT2D eigenvalue weighted by Crippen LogP contribution is 2.19. The third-order valence-corrected chi connectivity index (χ3v) is 3.79. The molecule has 2 aromatic carbocycles. The third kappa shape index (κ3) is 3.16. The van der Waals surface area contributed by atoms with Crippen LogP contribution in [-0.4, -0.2) is 30.4 Å². The number of nitrogens with zero attached hydrogens (tertiary/aromatic N) is 2. The van der Waals surface area contributed by atoms with Gasteiger partial charge in [0.15, 0.2) is 0 Å². The number of nitrogen functional groups attached to an aromatic ring is 1. The van der Waals surface area contributed by atoms with Crippen LogP contribution in [0.15, 0.2) is 54.6 Å². The summed E-state index contributed by atoms with van der Waals surface area (Å²) in [5.41, 5.74) is 8.67. The van der Waals surface area contributed by atoms with E-state index < -0.39 is 0 Å². The normalized spacial score (nSPS) is 15.3. The SMILES string of the molecule is Nc1ccc(N2CCN(Cc3ccccc3)C(=O)C2)cc1. The molecule has 108 valence electrons. The Morgan fingerprint density at radius 2 is 1.67 bits per heavy atom. The maximum Gasteiger partial charge on any atom is 0.242 e. The molecule has 0 atom stereocenters. The lowest BCUT2D eigenvalue weighted by atomic mass is 10.2. The third-order valence-electron chi connectivity index (χ3n) is 3.79. The van der Waals surface area contributed by atoms with Gasteiger partial charge in [-0.3, -0.25) is 4.79 Å². The Morgan fingerprint density at radius 3 is 2.33 bits per heavy atom. The number of carbonyl (C=O) groups excluding carboxylic acids is 1. The van der Waals surface area contributed by atoms with Crippen LogP contribution in [0.4, 0.5) is 11.4 Å². The van der Waals surface area contributed by atoms with Crippen LogP contribution in [-0.2, 0) is 11.3 Å². The zero-order chi connectivity index (χ0) is 14.7. The van der Waals surface area contributed by atoms with Gasteiger partial charge in [0.1, 0.15) is 0 Å². The van der Waals surface area contributed by atoms with Crippen molar-refractivity contribution in [3.05, 3.63) is 60.2 Å². The van der Waals surface area contributed by atoms with Gasteiger partial charge in [-0.25, -0.2) is 0 Å². The number of hydrogen-bond donors (Lipinski definition) is 1. The monoisotopic (exact) mass is 281 g/mol. The number of anilines is 2. The Balaban J connectivity index is 1.64. The molecule has 4 heteroatoms. The molecule has 2 N–H and O–H groups in total. The molecule has 0 bridgehead atoms. The predicted octanol–water partition coefficient (Wildman–Crippen LogP) is 2.12. The summed E-state index contributed by atoms with van der Waals surface area (Å²) in [6, 6.07) is 17.8. The lowest BCUT2D eigenvalue weighted by Crippen LogP contribution is -2.50. The average molecular weight is 281 g/mol. The zero-order valence-corrected chi connectivity index (χ0v) is 11.9. The van der Waals surface area contributed by atoms with Gasteiger partial charge >= 0.3 is 0 Å². The van der Waals surface area contributed by atoms with Crippen molar-refractivity contribution in [2.75, 3.05) is 30.3 Å². The van der Waals surface area contributed by atoms with Crippen LogP contribution in [0.5, 0.6) is 0 Å². The second-order valence-electron chi connectivity index (χ2n) is 5.31. The molecule has 0 unspecified atom stereocenters. The maximum atomic E-state index is 12.3. The van der Waals surface area contributed by atoms with Gasteiger partial charge in [0.2, 0.25) is 5.91 Å². The molecule has 0 radical (unpaired) electrons. The van der Waals surface area contributed by atoms with E-state index in [1.165, 1.54) is 5.56 Å². The van der Waals surface area contributed by atoms with Crippen LogP contribution in [0.3, 0.4) is 0 Å². The van der Waals surface area contributed by atoms with E-state index in [0.29, 0.717) is 13.1 Å². The summed E-state index contributed by atoms with van der Waals surface area (Å²) in [6.07, 6.45) is 0. The molecule has 4 nitrogen and oxygen atoms in total. The van der Waals surface area contributed by atoms with Crippen molar-refractivity contribution in [1.29, 1.82) is 0 Å². The molecule has 1 heterocycles. The average Bonchev–Trinajstić information content (AvgIpc) is 2.51. The van der Waals surface area contributed by atoms with Crippen LogP contribution >= 0.6 is 0 Å². The number of nitrogens with two attached hydrogens (primary N) is 1. The molecule has 1 fully saturated rings. The number of hydrogen-bond acceptors (Lipinski definition) is 3. The van der Waals surface area contributed by atoms with Gasteiger partial charge in [-0.15, -0.1) is 0 Å². The fourth-order valence-corrected chi connectivity index (χ4v) is 2.59. The largest absolute Gasteiger partial charge is 0.399 e. The fourth-order valence-electron chi connectivity index (χ4n) is 2.59. The van der Waals surface area contributed by atoms with Crippen LogP contribution in [0.1, 0.15) is 5.56 Å². The first kappa shape index (κ1) is 13.5. The zero-order valence-electron chi connectivity index (χ0n) is 11.9. The second-order valence-corrected chi connectivity index (χ2v) is 5.31. The molecular weight excluding hydrogens is 262 g/mol. The Bertz CT molecular complexity index is 610. The number of carbonyl (C=O) groups is 1. The van der Waals surface area contributed by atoms with Gasteiger partial charge < -0.3 is 15.5 Å². The highest BCUT2D eigenvalue weighted by Gasteiger charge is 2.23. The Kier molecular flexibility index (Phi) is 3.77. The summed E-state index contributed by atoms with van der Waals surface area (Å²) in [6.45, 7) is 2.71. The van der Waals surface area contributed by atoms with Crippen LogP contribution in [0, 0.1) is 0 Å². The first-order valence-electron chi connectivity index (χ1n) is 7.14. The lowest BCUT2D eigenvalue weighted by molar-refractivity contribution is -0.131. The summed E-state index contributed by atoms with van der Waals surface area (Å²) < 4.78 is 0. The lowest BCUT2D eigenvalue weighted by Gasteiger charge is -2.35. The summed E-state index contributed by atoms with van der Waals surface area (Å²) in [5, 5.41) is 0. The minimum absolute atomic E-state index is 0.168. The summed E-state index contributed by atoms with van der Waals surface area (Å²) >= 11 is 0. The van der Waals surface area contributed by atoms with E-state index in [1.807, 2.05) is 47.4 Å². The van der Waals surface area contributed by atoms with Crippen molar-refractivity contribution < 1.29 is 4.79 Å². The van der Waals surface area contributed by atoms with E-state index in [1.54, 1.807) is 0 Å². The smallest absolute Gasteiger partial charge is 0.242 e. The van der Waals surface area contributed by atoms with E-state index in [9.17, 15) is 4.79 Å². The van der Waals surface area contributed by atoms with E-state index >= 15 is 0 Å². The Labute approximate surface area is 124 Å². The highest BCUT2D eigenvalue weighted by atomic mass is 16.2. The minimum atomic E-state index is 0.168. The summed E-state index contributed by atoms with van der Waals surface area (Å²) in [5.74, 6) is 0.168. The molecule has 0 aliphatic carbocycles. The van der Waals surface area contributed by atoms with Crippen molar-refractivity contribution in [2.45, 2.75) is 6.54 Å². The molecule has 1 saturated heterocycles. The first-order valence-corrected chi connectivity index (χ1v) is 7.14. The molecule has 0 saturated carbocycles. The molecule has 0 aromatic heterocycles. The highest BCUT2D eigenvalue weighted by molar-refractivity contribution is 5.83. The van der Waals surface area contributed by atoms with Crippen LogP contribution < -0.4 is 10.6 Å². The van der Waals surface area contributed by atoms with Crippen molar-refractivity contribution in [3.8, 4) is 0 Å². The van der Waals surface area contributed by atoms with Crippen molar-refractivity contribution in [1.82, 2.24) is 4.90 Å². The van der Waals surface area contributed by atoms with E-state index in [0.717, 1.165) is 24.5 Å². The number of amides is 1. The molecule has 1 aliphatic rings. The van der Waals surface area contributed by atoms with Crippen molar-refractivity contribution >= 4 is 17.3 Å². The Hall–Kier alpha value is -2.49. The first-order chi connectivity index (χ1) is 10.2. The van der Waals surface area contributed by atoms with Gasteiger partial charge in [0.05, 0.1) is 6.54 Å². The quantitative estimate of drug-likeness (QED) is 0.877. The number of rotatable bonds is 3. The molecule has 21 heavy (non-hydrogen) atoms. The van der Waals surface area contributed by atoms with E-state index in [2.05, 4.69) is 17.0 Å². The van der Waals surface area contributed by atoms with Gasteiger partial charge in [0.25, 0.3) is 0 Å². The van der Waals surface area contributed by atoms with Gasteiger partial charge in [0, 0.05) is 31.0 Å². The van der Waals surface area contributed by atoms with Gasteiger partial charge in [-0.2, -0.15) is 0 Å². The van der Waals surface area contributed by atoms with Crippen LogP contribution in [0.2, 0.25) is 0 Å². The molecule has 0 spiro atoms. The van der Waals surface area contributed by atoms with Gasteiger partial charge in [-0.1, -0.05) is 30.3 Å². The predicted molar refractivity (Wildman–Crippen MR) is 84.9 cm³/mol. The summed E-state index contributed by atoms with van der Waals surface area (Å²) in [4.78, 5) is 16.3. The van der Waals surface area contributed by atoms with Crippen LogP contribution in [0.25, 0.3) is 0 Å². The Morgan fingerprint density at radius 1 is 0.952 bits per heavy atom. The molecule has 1 aliphatic heterocycles. The van der Waals surface area contributed by atoms with E-state index in [4.69, 9.17) is 5.73 Å². The topological polar surface area (TPSA) is 49.6 Å². The minimum Gasteiger partial charge on any atom is -0.399 e. The molecule has 3 rings (SSSR count). The summed E-state index contributed by atoms with van der Waals surface area (Å²) in [7, 11) is 0. The molecule has 2 aromatic rings. The van der Waals surface area contributed by atoms with Crippen molar-refractivity contribution in [2.24, 2.45) is 0 Å². The molecule has 1 amide bonds. The standard InChI is InChI=1S/C17H19N3O/c18-15-6-8-16(9-7-15)19-10-11-20(17(21)13-19)12-14-4-2-1-3-5-14/h1-9H,10-13,18H2. The molecular formula is C17H19N3O. The van der Waals surface area contributed by atoms with E-state index in [-0.39, 0.29) is 5.91 Å².